The van der Waals surface area contributed by atoms with Crippen molar-refractivity contribution in [1.82, 2.24) is 14.5 Å². The average Bonchev–Trinajstić information content (AvgIpc) is 3.03. The molecule has 3 heterocycles. The Morgan fingerprint density at radius 3 is 2.75 bits per heavy atom. The number of hydrogen-bond acceptors (Lipinski definition) is 4. The lowest BCUT2D eigenvalue weighted by Crippen LogP contribution is -2.36. The van der Waals surface area contributed by atoms with E-state index in [-0.39, 0.29) is 12.1 Å². The van der Waals surface area contributed by atoms with Crippen LogP contribution in [0.3, 0.4) is 0 Å². The highest BCUT2D eigenvalue weighted by atomic mass is 16.6. The summed E-state index contributed by atoms with van der Waals surface area (Å²) in [5.74, 6) is 0.630. The highest BCUT2D eigenvalue weighted by molar-refractivity contribution is 6.04. The zero-order valence-corrected chi connectivity index (χ0v) is 14.3. The van der Waals surface area contributed by atoms with Crippen molar-refractivity contribution in [3.8, 4) is 0 Å². The van der Waals surface area contributed by atoms with Gasteiger partial charge in [0.05, 0.1) is 29.8 Å². The third kappa shape index (κ3) is 2.21. The largest absolute Gasteiger partial charge is 0.443 e. The van der Waals surface area contributed by atoms with Crippen LogP contribution >= 0.6 is 0 Å². The maximum Gasteiger partial charge on any atom is 0.417 e. The number of aromatic nitrogens is 3. The summed E-state index contributed by atoms with van der Waals surface area (Å²) in [6, 6.07) is 8.12. The van der Waals surface area contributed by atoms with Gasteiger partial charge in [-0.2, -0.15) is 0 Å². The van der Waals surface area contributed by atoms with Crippen LogP contribution in [0, 0.1) is 0 Å². The monoisotopic (exact) mass is 324 g/mol. The molecule has 0 spiro atoms. The molecule has 0 saturated heterocycles. The fourth-order valence-electron chi connectivity index (χ4n) is 3.22. The minimum atomic E-state index is -0.534. The number of carbonyl (C=O) groups is 1. The summed E-state index contributed by atoms with van der Waals surface area (Å²) in [6.07, 6.45) is 1.41. The van der Waals surface area contributed by atoms with Gasteiger partial charge in [-0.05, 0) is 33.8 Å². The first-order chi connectivity index (χ1) is 11.3. The predicted octanol–water partition coefficient (Wildman–Crippen LogP) is 3.90. The van der Waals surface area contributed by atoms with Crippen molar-refractivity contribution in [2.75, 3.05) is 11.4 Å². The van der Waals surface area contributed by atoms with E-state index in [4.69, 9.17) is 4.74 Å². The molecule has 24 heavy (non-hydrogen) atoms. The Labute approximate surface area is 140 Å². The number of anilines is 1. The lowest BCUT2D eigenvalue weighted by molar-refractivity contribution is 0.0581. The van der Waals surface area contributed by atoms with E-state index in [2.05, 4.69) is 21.5 Å². The van der Waals surface area contributed by atoms with Crippen LogP contribution in [0.1, 0.15) is 33.7 Å². The summed E-state index contributed by atoms with van der Waals surface area (Å²) in [5.41, 5.74) is 2.21. The standard InChI is InChI=1S/C18H20N4O2/c1-11-10-21(17(23)24-18(2,3)4)16-20-14-9-19-13-8-6-5-7-12(13)15(14)22(11)16/h5-9,11H,10H2,1-4H3/t11-/m0/s1. The first-order valence-electron chi connectivity index (χ1n) is 8.11. The quantitative estimate of drug-likeness (QED) is 0.629. The molecule has 1 atom stereocenters. The van der Waals surface area contributed by atoms with E-state index in [0.717, 1.165) is 21.9 Å². The highest BCUT2D eigenvalue weighted by Crippen LogP contribution is 2.36. The van der Waals surface area contributed by atoms with Crippen LogP contribution in [0.4, 0.5) is 10.7 Å². The number of fused-ring (bicyclic) bond motifs is 5. The Hall–Kier alpha value is -2.63. The lowest BCUT2D eigenvalue weighted by Gasteiger charge is -2.23. The zero-order chi connectivity index (χ0) is 17.1. The van der Waals surface area contributed by atoms with Crippen molar-refractivity contribution in [3.05, 3.63) is 30.5 Å². The van der Waals surface area contributed by atoms with Crippen molar-refractivity contribution < 1.29 is 9.53 Å². The van der Waals surface area contributed by atoms with Gasteiger partial charge in [0.2, 0.25) is 5.95 Å². The molecule has 6 heteroatoms. The Kier molecular flexibility index (Phi) is 3.07. The summed E-state index contributed by atoms with van der Waals surface area (Å²) in [4.78, 5) is 23.3. The zero-order valence-electron chi connectivity index (χ0n) is 14.3. The molecule has 3 aromatic rings. The molecule has 6 nitrogen and oxygen atoms in total. The third-order valence-corrected chi connectivity index (χ3v) is 4.15. The Balaban J connectivity index is 1.89. The number of rotatable bonds is 0. The maximum atomic E-state index is 12.5. The molecular weight excluding hydrogens is 304 g/mol. The van der Waals surface area contributed by atoms with Gasteiger partial charge in [-0.15, -0.1) is 0 Å². The van der Waals surface area contributed by atoms with Gasteiger partial charge in [0.15, 0.2) is 0 Å². The van der Waals surface area contributed by atoms with Crippen molar-refractivity contribution in [1.29, 1.82) is 0 Å². The lowest BCUT2D eigenvalue weighted by atomic mass is 10.2. The molecule has 0 radical (unpaired) electrons. The predicted molar refractivity (Wildman–Crippen MR) is 93.3 cm³/mol. The van der Waals surface area contributed by atoms with Crippen molar-refractivity contribution in [2.45, 2.75) is 39.3 Å². The van der Waals surface area contributed by atoms with Gasteiger partial charge in [0, 0.05) is 5.39 Å². The molecule has 0 saturated carbocycles. The van der Waals surface area contributed by atoms with E-state index < -0.39 is 5.60 Å². The minimum Gasteiger partial charge on any atom is -0.443 e. The van der Waals surface area contributed by atoms with Crippen molar-refractivity contribution in [3.63, 3.8) is 0 Å². The fourth-order valence-corrected chi connectivity index (χ4v) is 3.22. The molecule has 0 N–H and O–H groups in total. The van der Waals surface area contributed by atoms with Crippen LogP contribution in [-0.4, -0.2) is 32.8 Å². The first kappa shape index (κ1) is 14.9. The second-order valence-corrected chi connectivity index (χ2v) is 7.23. The third-order valence-electron chi connectivity index (χ3n) is 4.15. The number of carbonyl (C=O) groups excluding carboxylic acids is 1. The van der Waals surface area contributed by atoms with Gasteiger partial charge < -0.3 is 9.30 Å². The topological polar surface area (TPSA) is 60.3 Å². The van der Waals surface area contributed by atoms with Crippen LogP contribution < -0.4 is 4.90 Å². The van der Waals surface area contributed by atoms with Gasteiger partial charge in [0.25, 0.3) is 0 Å². The molecule has 4 rings (SSSR count). The number of hydrogen-bond donors (Lipinski definition) is 0. The Morgan fingerprint density at radius 1 is 1.25 bits per heavy atom. The molecule has 0 aliphatic carbocycles. The van der Waals surface area contributed by atoms with Crippen molar-refractivity contribution in [2.24, 2.45) is 0 Å². The van der Waals surface area contributed by atoms with E-state index >= 15 is 0 Å². The van der Waals surface area contributed by atoms with Crippen LogP contribution in [0.2, 0.25) is 0 Å². The van der Waals surface area contributed by atoms with Crippen LogP contribution in [0.25, 0.3) is 21.9 Å². The number of nitrogens with zero attached hydrogens (tertiary/aromatic N) is 4. The second kappa shape index (κ2) is 4.93. The highest BCUT2D eigenvalue weighted by Gasteiger charge is 2.36. The summed E-state index contributed by atoms with van der Waals surface area (Å²) in [6.45, 7) is 8.24. The summed E-state index contributed by atoms with van der Waals surface area (Å²) >= 11 is 0. The summed E-state index contributed by atoms with van der Waals surface area (Å²) in [7, 11) is 0. The van der Waals surface area contributed by atoms with E-state index in [1.54, 1.807) is 11.1 Å². The summed E-state index contributed by atoms with van der Waals surface area (Å²) < 4.78 is 7.64. The minimum absolute atomic E-state index is 0.128. The molecule has 1 amide bonds. The molecule has 124 valence electrons. The van der Waals surface area contributed by atoms with Crippen molar-refractivity contribution >= 4 is 34.0 Å². The molecule has 2 aromatic heterocycles. The summed E-state index contributed by atoms with van der Waals surface area (Å²) in [5, 5.41) is 1.05. The van der Waals surface area contributed by atoms with Gasteiger partial charge >= 0.3 is 6.09 Å². The van der Waals surface area contributed by atoms with Gasteiger partial charge in [0.1, 0.15) is 11.1 Å². The van der Waals surface area contributed by atoms with Crippen LogP contribution in [0.15, 0.2) is 30.5 Å². The van der Waals surface area contributed by atoms with E-state index in [9.17, 15) is 4.79 Å². The number of benzene rings is 1. The van der Waals surface area contributed by atoms with Crippen LogP contribution in [-0.2, 0) is 4.74 Å². The number of imidazole rings is 1. The van der Waals surface area contributed by atoms with Gasteiger partial charge in [-0.3, -0.25) is 4.98 Å². The Morgan fingerprint density at radius 2 is 2.00 bits per heavy atom. The maximum absolute atomic E-state index is 12.5. The first-order valence-corrected chi connectivity index (χ1v) is 8.11. The number of pyridine rings is 1. The fraction of sp³-hybridized carbons (Fsp3) is 0.389. The smallest absolute Gasteiger partial charge is 0.417 e. The number of para-hydroxylation sites is 1. The van der Waals surface area contributed by atoms with Gasteiger partial charge in [-0.25, -0.2) is 14.7 Å². The molecule has 1 aliphatic rings. The average molecular weight is 324 g/mol. The SMILES string of the molecule is C[C@H]1CN(C(=O)OC(C)(C)C)c2nc3cnc4ccccc4c3n21. The van der Waals surface area contributed by atoms with Gasteiger partial charge in [-0.1, -0.05) is 18.2 Å². The molecule has 0 bridgehead atoms. The molecule has 0 fully saturated rings. The van der Waals surface area contributed by atoms with E-state index in [1.807, 2.05) is 45.0 Å². The molecule has 0 unspecified atom stereocenters. The normalized spacial score (nSPS) is 17.5. The molecule has 1 aliphatic heterocycles. The molecule has 1 aromatic carbocycles. The number of amides is 1. The van der Waals surface area contributed by atoms with Crippen LogP contribution in [0.5, 0.6) is 0 Å². The van der Waals surface area contributed by atoms with E-state index in [1.165, 1.54) is 0 Å². The molecular formula is C18H20N4O2. The number of ether oxygens (including phenoxy) is 1. The second-order valence-electron chi connectivity index (χ2n) is 7.23. The van der Waals surface area contributed by atoms with E-state index in [0.29, 0.717) is 12.5 Å². The Bertz CT molecular complexity index is 955.